The minimum Gasteiger partial charge on any atom is -0.493 e. The second-order valence-electron chi connectivity index (χ2n) is 20.5. The molecule has 10 rings (SSSR count). The van der Waals surface area contributed by atoms with E-state index >= 15 is 0 Å². The third kappa shape index (κ3) is 9.00. The van der Waals surface area contributed by atoms with E-state index in [-0.39, 0.29) is 54.9 Å². The van der Waals surface area contributed by atoms with Gasteiger partial charge in [-0.1, -0.05) is 35.9 Å². The van der Waals surface area contributed by atoms with Crippen molar-refractivity contribution in [2.45, 2.75) is 85.0 Å². The zero-order valence-corrected chi connectivity index (χ0v) is 41.6. The SMILES string of the molecule is Cc1nn(C)c(C)c1-c1c(Cl)ccc2c(CCCOc3cccc4cc(F)ccc34)c(C(=O)OC(C)(C)C)n(CCN3CC4(C3)CN(C(=O)COc3cccc5c3CN(C3CCC(=O)NC3=O)C5=O)C4)c12. The quantitative estimate of drug-likeness (QED) is 0.0657. The van der Waals surface area contributed by atoms with Crippen LogP contribution in [0.3, 0.4) is 0 Å². The number of esters is 1. The maximum absolute atomic E-state index is 14.6. The lowest BCUT2D eigenvalue weighted by Crippen LogP contribution is -2.73. The molecule has 1 spiro atoms. The number of benzene rings is 4. The van der Waals surface area contributed by atoms with Gasteiger partial charge in [-0.15, -0.1) is 0 Å². The summed E-state index contributed by atoms with van der Waals surface area (Å²) in [5.74, 6) is -0.975. The first-order chi connectivity index (χ1) is 33.9. The van der Waals surface area contributed by atoms with Gasteiger partial charge in [-0.25, -0.2) is 9.18 Å². The molecule has 71 heavy (non-hydrogen) atoms. The fourth-order valence-electron chi connectivity index (χ4n) is 11.0. The van der Waals surface area contributed by atoms with Crippen LogP contribution in [0.1, 0.15) is 83.4 Å². The van der Waals surface area contributed by atoms with E-state index in [1.165, 1.54) is 17.0 Å². The van der Waals surface area contributed by atoms with Gasteiger partial charge in [0.05, 0.1) is 29.4 Å². The van der Waals surface area contributed by atoms with E-state index in [2.05, 4.69) is 14.8 Å². The summed E-state index contributed by atoms with van der Waals surface area (Å²) in [4.78, 5) is 71.4. The molecule has 1 N–H and O–H groups in total. The van der Waals surface area contributed by atoms with Crippen LogP contribution < -0.4 is 14.8 Å². The average Bonchev–Trinajstić information content (AvgIpc) is 3.88. The van der Waals surface area contributed by atoms with Crippen LogP contribution in [-0.4, -0.2) is 116 Å². The van der Waals surface area contributed by atoms with E-state index in [9.17, 15) is 28.4 Å². The van der Waals surface area contributed by atoms with Crippen LogP contribution in [0.15, 0.2) is 66.7 Å². The molecule has 3 fully saturated rings. The van der Waals surface area contributed by atoms with Crippen molar-refractivity contribution >= 4 is 62.9 Å². The standard InChI is InChI=1S/C54H57ClFN7O8/c1-31-46(32(2)59(6)58-31)47-40(55)18-17-37-36(12-9-23-69-42-13-7-10-33-24-34(56)15-16-35(33)42)49(52(68)71-53(3,4)5)62(48(37)47)22-21-60-27-54(28-60)29-61(30-54)45(65)26-70-43-14-8-11-38-39(43)25-63(51(38)67)41-19-20-44(64)57-50(41)66/h7-8,10-11,13-18,24,41H,9,12,19-23,25-30H2,1-6H3,(H,57,64,66). The van der Waals surface area contributed by atoms with Crippen molar-refractivity contribution in [3.8, 4) is 22.6 Å². The lowest BCUT2D eigenvalue weighted by molar-refractivity contribution is -0.161. The number of nitrogens with zero attached hydrogens (tertiary/aromatic N) is 6. The average molecular weight is 987 g/mol. The molecule has 3 saturated heterocycles. The molecule has 0 saturated carbocycles. The first kappa shape index (κ1) is 47.9. The van der Waals surface area contributed by atoms with Crippen molar-refractivity contribution in [2.24, 2.45) is 12.5 Å². The number of carbonyl (C=O) groups is 5. The molecule has 4 aliphatic rings. The van der Waals surface area contributed by atoms with Crippen molar-refractivity contribution in [3.05, 3.63) is 111 Å². The van der Waals surface area contributed by atoms with Gasteiger partial charge in [0.15, 0.2) is 6.61 Å². The normalized spacial score (nSPS) is 17.7. The number of aromatic nitrogens is 3. The van der Waals surface area contributed by atoms with Crippen molar-refractivity contribution in [3.63, 3.8) is 0 Å². The van der Waals surface area contributed by atoms with Gasteiger partial charge in [0, 0.05) is 96.9 Å². The number of halogens is 2. The third-order valence-electron chi connectivity index (χ3n) is 14.3. The second-order valence-corrected chi connectivity index (χ2v) is 20.9. The van der Waals surface area contributed by atoms with Crippen LogP contribution >= 0.6 is 11.6 Å². The molecule has 2 aromatic heterocycles. The zero-order valence-electron chi connectivity index (χ0n) is 40.8. The molecule has 15 nitrogen and oxygen atoms in total. The van der Waals surface area contributed by atoms with Crippen LogP contribution in [0.5, 0.6) is 11.5 Å². The molecular formula is C54H57ClFN7O8. The number of nitrogens with one attached hydrogen (secondary N) is 1. The van der Waals surface area contributed by atoms with Gasteiger partial charge in [-0.3, -0.25) is 29.2 Å². The van der Waals surface area contributed by atoms with Gasteiger partial charge < -0.3 is 33.5 Å². The lowest BCUT2D eigenvalue weighted by atomic mass is 9.73. The number of piperidine rings is 1. The highest BCUT2D eigenvalue weighted by Gasteiger charge is 2.53. The summed E-state index contributed by atoms with van der Waals surface area (Å²) >= 11 is 7.20. The molecule has 4 aromatic carbocycles. The number of imide groups is 1. The van der Waals surface area contributed by atoms with E-state index in [0.717, 1.165) is 62.8 Å². The minimum absolute atomic E-state index is 0.0624. The number of fused-ring (bicyclic) bond motifs is 3. The van der Waals surface area contributed by atoms with Crippen LogP contribution in [0, 0.1) is 25.1 Å². The van der Waals surface area contributed by atoms with Gasteiger partial charge in [-0.2, -0.15) is 5.10 Å². The molecule has 0 bridgehead atoms. The zero-order chi connectivity index (χ0) is 50.1. The molecule has 0 aliphatic carbocycles. The Balaban J connectivity index is 0.849. The topological polar surface area (TPSA) is 158 Å². The van der Waals surface area contributed by atoms with E-state index < -0.39 is 23.5 Å². The first-order valence-electron chi connectivity index (χ1n) is 24.2. The lowest BCUT2D eigenvalue weighted by Gasteiger charge is -2.60. The molecule has 370 valence electrons. The predicted octanol–water partition coefficient (Wildman–Crippen LogP) is 7.56. The van der Waals surface area contributed by atoms with Crippen molar-refractivity contribution in [1.82, 2.24) is 34.4 Å². The van der Waals surface area contributed by atoms with Gasteiger partial charge >= 0.3 is 5.97 Å². The van der Waals surface area contributed by atoms with E-state index in [0.29, 0.717) is 79.0 Å². The number of likely N-dealkylation sites (tertiary alicyclic amines) is 2. The Hall–Kier alpha value is -6.78. The fourth-order valence-corrected chi connectivity index (χ4v) is 11.3. The van der Waals surface area contributed by atoms with Crippen molar-refractivity contribution < 1.29 is 42.6 Å². The molecule has 6 heterocycles. The number of aryl methyl sites for hydroxylation is 3. The van der Waals surface area contributed by atoms with E-state index in [1.54, 1.807) is 29.2 Å². The number of rotatable bonds is 14. The monoisotopic (exact) mass is 985 g/mol. The molecule has 6 aromatic rings. The van der Waals surface area contributed by atoms with Crippen molar-refractivity contribution in [2.75, 3.05) is 45.9 Å². The van der Waals surface area contributed by atoms with Crippen LogP contribution in [0.2, 0.25) is 5.02 Å². The Morgan fingerprint density at radius 3 is 2.39 bits per heavy atom. The second kappa shape index (κ2) is 18.4. The van der Waals surface area contributed by atoms with Gasteiger partial charge in [0.25, 0.3) is 11.8 Å². The maximum Gasteiger partial charge on any atom is 0.355 e. The number of amides is 4. The third-order valence-corrected chi connectivity index (χ3v) is 14.6. The highest BCUT2D eigenvalue weighted by atomic mass is 35.5. The summed E-state index contributed by atoms with van der Waals surface area (Å²) in [5, 5.41) is 10.1. The number of ether oxygens (including phenoxy) is 3. The van der Waals surface area contributed by atoms with Crippen LogP contribution in [0.4, 0.5) is 4.39 Å². The molecule has 4 aliphatic heterocycles. The smallest absolute Gasteiger partial charge is 0.355 e. The van der Waals surface area contributed by atoms with Crippen LogP contribution in [0.25, 0.3) is 32.8 Å². The summed E-state index contributed by atoms with van der Waals surface area (Å²) in [6, 6.07) is 18.5. The Morgan fingerprint density at radius 2 is 1.66 bits per heavy atom. The largest absolute Gasteiger partial charge is 0.493 e. The Bertz CT molecular complexity index is 3180. The predicted molar refractivity (Wildman–Crippen MR) is 265 cm³/mol. The Labute approximate surface area is 415 Å². The fraction of sp³-hybridized carbons (Fsp3) is 0.407. The summed E-state index contributed by atoms with van der Waals surface area (Å²) in [6.45, 7) is 13.6. The molecule has 0 radical (unpaired) electrons. The maximum atomic E-state index is 14.6. The van der Waals surface area contributed by atoms with Gasteiger partial charge in [0.2, 0.25) is 11.8 Å². The van der Waals surface area contributed by atoms with Gasteiger partial charge in [-0.05, 0) is 107 Å². The van der Waals surface area contributed by atoms with E-state index in [1.807, 2.05) is 76.7 Å². The number of hydrogen-bond donors (Lipinski definition) is 1. The van der Waals surface area contributed by atoms with E-state index in [4.69, 9.17) is 30.9 Å². The Kier molecular flexibility index (Phi) is 12.4. The molecule has 17 heteroatoms. The summed E-state index contributed by atoms with van der Waals surface area (Å²) < 4.78 is 36.5. The summed E-state index contributed by atoms with van der Waals surface area (Å²) in [6.07, 6.45) is 1.48. The number of carbonyl (C=O) groups excluding carboxylic acids is 5. The minimum atomic E-state index is -0.773. The summed E-state index contributed by atoms with van der Waals surface area (Å²) in [7, 11) is 1.91. The van der Waals surface area contributed by atoms with Gasteiger partial charge in [0.1, 0.15) is 34.7 Å². The number of hydrogen-bond acceptors (Lipinski definition) is 10. The Morgan fingerprint density at radius 1 is 0.915 bits per heavy atom. The first-order valence-corrected chi connectivity index (χ1v) is 24.5. The molecule has 1 unspecified atom stereocenters. The molecular weight excluding hydrogens is 929 g/mol. The van der Waals surface area contributed by atoms with Crippen LogP contribution in [-0.2, 0) is 45.7 Å². The highest BCUT2D eigenvalue weighted by Crippen LogP contribution is 2.44. The highest BCUT2D eigenvalue weighted by molar-refractivity contribution is 6.35. The molecule has 4 amide bonds. The summed E-state index contributed by atoms with van der Waals surface area (Å²) in [5.41, 5.74) is 5.80. The molecule has 1 atom stereocenters. The van der Waals surface area contributed by atoms with Crippen molar-refractivity contribution in [1.29, 1.82) is 0 Å².